The Morgan fingerprint density at radius 1 is 1.18 bits per heavy atom. The molecule has 1 saturated carbocycles. The summed E-state index contributed by atoms with van der Waals surface area (Å²) in [6, 6.07) is 0. The van der Waals surface area contributed by atoms with Crippen molar-refractivity contribution in [1.29, 1.82) is 0 Å². The van der Waals surface area contributed by atoms with Gasteiger partial charge in [-0.25, -0.2) is 9.97 Å². The molecule has 0 bridgehead atoms. The van der Waals surface area contributed by atoms with Gasteiger partial charge in [0.15, 0.2) is 5.82 Å². The third-order valence-corrected chi connectivity index (χ3v) is 4.31. The smallest absolute Gasteiger partial charge is 0.155 e. The van der Waals surface area contributed by atoms with Crippen molar-refractivity contribution in [3.8, 4) is 0 Å². The lowest BCUT2D eigenvalue weighted by atomic mass is 9.75. The number of hydrogen-bond acceptors (Lipinski definition) is 4. The summed E-state index contributed by atoms with van der Waals surface area (Å²) in [5.41, 5.74) is 6.66. The van der Waals surface area contributed by atoms with Gasteiger partial charge >= 0.3 is 0 Å². The zero-order valence-corrected chi connectivity index (χ0v) is 10.2. The first-order chi connectivity index (χ1) is 8.34. The minimum Gasteiger partial charge on any atom is -0.394 e. The molecule has 4 nitrogen and oxygen atoms in total. The first kappa shape index (κ1) is 10.8. The molecule has 2 fully saturated rings. The summed E-state index contributed by atoms with van der Waals surface area (Å²) in [7, 11) is 0. The molecule has 3 rings (SSSR count). The van der Waals surface area contributed by atoms with Gasteiger partial charge in [-0.1, -0.05) is 19.3 Å². The molecule has 2 heterocycles. The Morgan fingerprint density at radius 3 is 2.82 bits per heavy atom. The van der Waals surface area contributed by atoms with E-state index >= 15 is 0 Å². The third kappa shape index (κ3) is 2.08. The highest BCUT2D eigenvalue weighted by Gasteiger charge is 2.31. The Kier molecular flexibility index (Phi) is 2.87. The van der Waals surface area contributed by atoms with E-state index in [0.717, 1.165) is 30.7 Å². The van der Waals surface area contributed by atoms with Crippen LogP contribution in [0.1, 0.15) is 32.1 Å². The van der Waals surface area contributed by atoms with Crippen molar-refractivity contribution in [3.63, 3.8) is 0 Å². The molecule has 1 aliphatic carbocycles. The number of aromatic nitrogens is 2. The second-order valence-corrected chi connectivity index (χ2v) is 5.34. The number of nitrogen functional groups attached to an aromatic ring is 1. The van der Waals surface area contributed by atoms with Crippen LogP contribution in [0.25, 0.3) is 0 Å². The quantitative estimate of drug-likeness (QED) is 0.805. The maximum absolute atomic E-state index is 5.95. The molecule has 1 aromatic heterocycles. The van der Waals surface area contributed by atoms with Gasteiger partial charge in [-0.2, -0.15) is 0 Å². The van der Waals surface area contributed by atoms with Crippen LogP contribution >= 0.6 is 0 Å². The summed E-state index contributed by atoms with van der Waals surface area (Å²) >= 11 is 0. The molecule has 0 aromatic carbocycles. The Labute approximate surface area is 102 Å². The van der Waals surface area contributed by atoms with E-state index in [2.05, 4.69) is 14.9 Å². The van der Waals surface area contributed by atoms with Crippen LogP contribution in [0, 0.1) is 11.8 Å². The number of anilines is 2. The van der Waals surface area contributed by atoms with Crippen molar-refractivity contribution in [2.75, 3.05) is 23.7 Å². The highest BCUT2D eigenvalue weighted by molar-refractivity contribution is 5.61. The van der Waals surface area contributed by atoms with Crippen molar-refractivity contribution in [2.24, 2.45) is 11.8 Å². The Hall–Kier alpha value is -1.32. The van der Waals surface area contributed by atoms with E-state index in [-0.39, 0.29) is 0 Å². The Morgan fingerprint density at radius 2 is 2.00 bits per heavy atom. The summed E-state index contributed by atoms with van der Waals surface area (Å²) in [6.07, 6.45) is 10.2. The molecule has 4 heteroatoms. The fourth-order valence-electron chi connectivity index (χ4n) is 3.39. The average Bonchev–Trinajstić information content (AvgIpc) is 2.39. The van der Waals surface area contributed by atoms with E-state index < -0.39 is 0 Å². The number of piperidine rings is 1. The van der Waals surface area contributed by atoms with E-state index in [0.29, 0.717) is 5.69 Å². The number of hydrogen-bond donors (Lipinski definition) is 1. The molecule has 2 aliphatic rings. The summed E-state index contributed by atoms with van der Waals surface area (Å²) in [4.78, 5) is 10.6. The normalized spacial score (nSPS) is 28.8. The summed E-state index contributed by atoms with van der Waals surface area (Å²) in [6.45, 7) is 2.23. The zero-order chi connectivity index (χ0) is 11.7. The van der Waals surface area contributed by atoms with Crippen molar-refractivity contribution < 1.29 is 0 Å². The molecule has 1 aliphatic heterocycles. The molecule has 92 valence electrons. The van der Waals surface area contributed by atoms with Gasteiger partial charge in [-0.15, -0.1) is 0 Å². The second kappa shape index (κ2) is 4.51. The lowest BCUT2D eigenvalue weighted by Gasteiger charge is -2.41. The van der Waals surface area contributed by atoms with E-state index in [4.69, 9.17) is 5.73 Å². The SMILES string of the molecule is Nc1cncnc1N1CCC2CCCCC2C1. The molecular formula is C13H20N4. The minimum atomic E-state index is 0.710. The van der Waals surface area contributed by atoms with Crippen molar-refractivity contribution in [1.82, 2.24) is 9.97 Å². The number of rotatable bonds is 1. The van der Waals surface area contributed by atoms with Crippen molar-refractivity contribution in [3.05, 3.63) is 12.5 Å². The van der Waals surface area contributed by atoms with Gasteiger partial charge in [0.25, 0.3) is 0 Å². The van der Waals surface area contributed by atoms with Crippen LogP contribution in [0.3, 0.4) is 0 Å². The fraction of sp³-hybridized carbons (Fsp3) is 0.692. The van der Waals surface area contributed by atoms with Gasteiger partial charge in [0, 0.05) is 13.1 Å². The first-order valence-electron chi connectivity index (χ1n) is 6.65. The molecule has 0 spiro atoms. The zero-order valence-electron chi connectivity index (χ0n) is 10.2. The summed E-state index contributed by atoms with van der Waals surface area (Å²) < 4.78 is 0. The van der Waals surface area contributed by atoms with Gasteiger partial charge in [0.05, 0.1) is 11.9 Å². The molecular weight excluding hydrogens is 212 g/mol. The van der Waals surface area contributed by atoms with Crippen LogP contribution in [0.5, 0.6) is 0 Å². The van der Waals surface area contributed by atoms with Crippen LogP contribution in [0.15, 0.2) is 12.5 Å². The molecule has 2 unspecified atom stereocenters. The predicted molar refractivity (Wildman–Crippen MR) is 68.7 cm³/mol. The Bertz CT molecular complexity index is 393. The van der Waals surface area contributed by atoms with Crippen molar-refractivity contribution >= 4 is 11.5 Å². The molecule has 1 saturated heterocycles. The van der Waals surface area contributed by atoms with Crippen LogP contribution in [0.2, 0.25) is 0 Å². The van der Waals surface area contributed by atoms with Gasteiger partial charge in [-0.3, -0.25) is 0 Å². The number of nitrogens with two attached hydrogens (primary N) is 1. The molecule has 0 amide bonds. The van der Waals surface area contributed by atoms with Crippen LogP contribution in [-0.4, -0.2) is 23.1 Å². The molecule has 2 atom stereocenters. The van der Waals surface area contributed by atoms with Crippen LogP contribution in [-0.2, 0) is 0 Å². The summed E-state index contributed by atoms with van der Waals surface area (Å²) in [5, 5.41) is 0. The van der Waals surface area contributed by atoms with Gasteiger partial charge in [0.1, 0.15) is 6.33 Å². The molecule has 2 N–H and O–H groups in total. The predicted octanol–water partition coefficient (Wildman–Crippen LogP) is 2.08. The Balaban J connectivity index is 1.76. The monoisotopic (exact) mass is 232 g/mol. The second-order valence-electron chi connectivity index (χ2n) is 5.34. The van der Waals surface area contributed by atoms with E-state index in [1.807, 2.05) is 0 Å². The van der Waals surface area contributed by atoms with E-state index in [9.17, 15) is 0 Å². The summed E-state index contributed by atoms with van der Waals surface area (Å²) in [5.74, 6) is 2.74. The highest BCUT2D eigenvalue weighted by Crippen LogP contribution is 2.37. The van der Waals surface area contributed by atoms with Gasteiger partial charge < -0.3 is 10.6 Å². The molecule has 17 heavy (non-hydrogen) atoms. The van der Waals surface area contributed by atoms with E-state index in [1.54, 1.807) is 12.5 Å². The topological polar surface area (TPSA) is 55.0 Å². The minimum absolute atomic E-state index is 0.710. The molecule has 0 radical (unpaired) electrons. The maximum atomic E-state index is 5.95. The lowest BCUT2D eigenvalue weighted by molar-refractivity contribution is 0.202. The van der Waals surface area contributed by atoms with E-state index in [1.165, 1.54) is 32.1 Å². The van der Waals surface area contributed by atoms with Gasteiger partial charge in [-0.05, 0) is 24.7 Å². The van der Waals surface area contributed by atoms with Gasteiger partial charge in [0.2, 0.25) is 0 Å². The highest BCUT2D eigenvalue weighted by atomic mass is 15.2. The molecule has 1 aromatic rings. The fourth-order valence-corrected chi connectivity index (χ4v) is 3.39. The first-order valence-corrected chi connectivity index (χ1v) is 6.65. The lowest BCUT2D eigenvalue weighted by Crippen LogP contribution is -2.42. The largest absolute Gasteiger partial charge is 0.394 e. The van der Waals surface area contributed by atoms with Crippen molar-refractivity contribution in [2.45, 2.75) is 32.1 Å². The number of nitrogens with zero attached hydrogens (tertiary/aromatic N) is 3. The number of fused-ring (bicyclic) bond motifs is 1. The van der Waals surface area contributed by atoms with Crippen LogP contribution < -0.4 is 10.6 Å². The van der Waals surface area contributed by atoms with Crippen LogP contribution in [0.4, 0.5) is 11.5 Å². The third-order valence-electron chi connectivity index (χ3n) is 4.31. The maximum Gasteiger partial charge on any atom is 0.155 e. The average molecular weight is 232 g/mol. The standard InChI is InChI=1S/C13H20N4/c14-12-7-15-9-16-13(12)17-6-5-10-3-1-2-4-11(10)8-17/h7,9-11H,1-6,8,14H2.